The lowest BCUT2D eigenvalue weighted by Gasteiger charge is -2.30. The van der Waals surface area contributed by atoms with Crippen molar-refractivity contribution >= 4 is 0 Å². The van der Waals surface area contributed by atoms with Gasteiger partial charge in [-0.05, 0) is 69.5 Å². The second-order valence-corrected chi connectivity index (χ2v) is 7.52. The summed E-state index contributed by atoms with van der Waals surface area (Å²) in [6.07, 6.45) is 0.497. The number of rotatable bonds is 9. The average molecular weight is 374 g/mol. The molecule has 2 rings (SSSR count). The van der Waals surface area contributed by atoms with Crippen LogP contribution in [0.15, 0.2) is 48.5 Å². The fourth-order valence-corrected chi connectivity index (χ4v) is 3.51. The molecule has 27 heavy (non-hydrogen) atoms. The maximum atomic E-state index is 13.2. The predicted octanol–water partition coefficient (Wildman–Crippen LogP) is 4.97. The zero-order valence-electron chi connectivity index (χ0n) is 17.1. The van der Waals surface area contributed by atoms with Crippen molar-refractivity contribution in [2.24, 2.45) is 0 Å². The Hall–Kier alpha value is -1.91. The lowest BCUT2D eigenvalue weighted by Crippen LogP contribution is -2.39. The molecule has 4 heteroatoms. The van der Waals surface area contributed by atoms with Crippen LogP contribution in [-0.4, -0.2) is 35.2 Å². The standard InChI is InChI=1S/C23H32FNO2/c1-6-23(26,19-7-11-21(24)12-8-19)20-9-13-22(14-10-20)27-16-15-25(17(2)3)18(4)5/h7-14,17-18,26H,6,15-16H2,1-5H3. The Morgan fingerprint density at radius 2 is 1.41 bits per heavy atom. The number of ether oxygens (including phenoxy) is 1. The average Bonchev–Trinajstić information content (AvgIpc) is 2.65. The van der Waals surface area contributed by atoms with Crippen LogP contribution in [0.5, 0.6) is 5.75 Å². The summed E-state index contributed by atoms with van der Waals surface area (Å²) in [4.78, 5) is 2.39. The summed E-state index contributed by atoms with van der Waals surface area (Å²) in [7, 11) is 0. The van der Waals surface area contributed by atoms with E-state index in [1.807, 2.05) is 31.2 Å². The molecule has 148 valence electrons. The van der Waals surface area contributed by atoms with Gasteiger partial charge in [0.25, 0.3) is 0 Å². The van der Waals surface area contributed by atoms with E-state index >= 15 is 0 Å². The first-order valence-electron chi connectivity index (χ1n) is 9.75. The molecule has 0 heterocycles. The molecule has 2 aromatic rings. The Balaban J connectivity index is 2.06. The summed E-state index contributed by atoms with van der Waals surface area (Å²) in [6.45, 7) is 12.2. The fourth-order valence-electron chi connectivity index (χ4n) is 3.51. The van der Waals surface area contributed by atoms with E-state index in [0.29, 0.717) is 30.7 Å². The Morgan fingerprint density at radius 1 is 0.926 bits per heavy atom. The SMILES string of the molecule is CCC(O)(c1ccc(F)cc1)c1ccc(OCCN(C(C)C)C(C)C)cc1. The van der Waals surface area contributed by atoms with Gasteiger partial charge in [0.2, 0.25) is 0 Å². The van der Waals surface area contributed by atoms with Crippen molar-refractivity contribution in [2.75, 3.05) is 13.2 Å². The number of aliphatic hydroxyl groups is 1. The van der Waals surface area contributed by atoms with Crippen molar-refractivity contribution in [1.29, 1.82) is 0 Å². The maximum Gasteiger partial charge on any atom is 0.123 e. The third-order valence-electron chi connectivity index (χ3n) is 5.11. The number of halogens is 1. The van der Waals surface area contributed by atoms with Crippen molar-refractivity contribution in [2.45, 2.75) is 58.7 Å². The highest BCUT2D eigenvalue weighted by atomic mass is 19.1. The second-order valence-electron chi connectivity index (χ2n) is 7.52. The molecule has 0 aliphatic carbocycles. The molecule has 1 N–H and O–H groups in total. The lowest BCUT2D eigenvalue weighted by molar-refractivity contribution is 0.0763. The van der Waals surface area contributed by atoms with Gasteiger partial charge in [-0.25, -0.2) is 4.39 Å². The molecule has 0 radical (unpaired) electrons. The maximum absolute atomic E-state index is 13.2. The Kier molecular flexibility index (Phi) is 7.40. The zero-order chi connectivity index (χ0) is 20.0. The van der Waals surface area contributed by atoms with Gasteiger partial charge in [-0.3, -0.25) is 4.90 Å². The summed E-state index contributed by atoms with van der Waals surface area (Å²) < 4.78 is 19.1. The third kappa shape index (κ3) is 5.30. The van der Waals surface area contributed by atoms with Crippen molar-refractivity contribution in [1.82, 2.24) is 4.90 Å². The van der Waals surface area contributed by atoms with E-state index in [1.165, 1.54) is 12.1 Å². The molecule has 2 aromatic carbocycles. The van der Waals surface area contributed by atoms with Gasteiger partial charge in [-0.15, -0.1) is 0 Å². The van der Waals surface area contributed by atoms with E-state index in [1.54, 1.807) is 12.1 Å². The molecule has 0 bridgehead atoms. The van der Waals surface area contributed by atoms with Crippen molar-refractivity contribution in [3.8, 4) is 5.75 Å². The van der Waals surface area contributed by atoms with E-state index < -0.39 is 5.60 Å². The Labute approximate surface area is 162 Å². The van der Waals surface area contributed by atoms with Crippen LogP contribution in [0.25, 0.3) is 0 Å². The second kappa shape index (κ2) is 9.34. The molecule has 0 aliphatic heterocycles. The van der Waals surface area contributed by atoms with Crippen LogP contribution in [0, 0.1) is 5.82 Å². The summed E-state index contributed by atoms with van der Waals surface area (Å²) in [6, 6.07) is 14.5. The van der Waals surface area contributed by atoms with Crippen molar-refractivity contribution in [3.63, 3.8) is 0 Å². The van der Waals surface area contributed by atoms with E-state index in [-0.39, 0.29) is 5.82 Å². The molecule has 0 aromatic heterocycles. The van der Waals surface area contributed by atoms with Gasteiger partial charge >= 0.3 is 0 Å². The molecule has 0 fully saturated rings. The minimum absolute atomic E-state index is 0.308. The highest BCUT2D eigenvalue weighted by molar-refractivity contribution is 5.38. The van der Waals surface area contributed by atoms with Gasteiger partial charge in [0.05, 0.1) is 0 Å². The molecule has 0 saturated heterocycles. The molecular formula is C23H32FNO2. The Bertz CT molecular complexity index is 689. The third-order valence-corrected chi connectivity index (χ3v) is 5.11. The van der Waals surface area contributed by atoms with Crippen molar-refractivity contribution in [3.05, 3.63) is 65.5 Å². The molecule has 0 aliphatic rings. The highest BCUT2D eigenvalue weighted by Crippen LogP contribution is 2.33. The van der Waals surface area contributed by atoms with Crippen LogP contribution in [0.2, 0.25) is 0 Å². The van der Waals surface area contributed by atoms with Crippen LogP contribution < -0.4 is 4.74 Å². The molecule has 0 saturated carbocycles. The monoisotopic (exact) mass is 373 g/mol. The van der Waals surface area contributed by atoms with Crippen LogP contribution in [0.4, 0.5) is 4.39 Å². The number of hydrogen-bond acceptors (Lipinski definition) is 3. The van der Waals surface area contributed by atoms with Crippen LogP contribution in [0.3, 0.4) is 0 Å². The normalized spacial score (nSPS) is 14.0. The fraction of sp³-hybridized carbons (Fsp3) is 0.478. The van der Waals surface area contributed by atoms with Gasteiger partial charge in [-0.2, -0.15) is 0 Å². The number of benzene rings is 2. The first kappa shape index (κ1) is 21.4. The van der Waals surface area contributed by atoms with E-state index in [9.17, 15) is 9.50 Å². The first-order chi connectivity index (χ1) is 12.8. The largest absolute Gasteiger partial charge is 0.492 e. The van der Waals surface area contributed by atoms with Crippen LogP contribution >= 0.6 is 0 Å². The molecule has 1 unspecified atom stereocenters. The lowest BCUT2D eigenvalue weighted by atomic mass is 9.84. The van der Waals surface area contributed by atoms with E-state index in [4.69, 9.17) is 4.74 Å². The van der Waals surface area contributed by atoms with Crippen LogP contribution in [-0.2, 0) is 5.60 Å². The summed E-state index contributed by atoms with van der Waals surface area (Å²) in [5.41, 5.74) is 0.317. The minimum atomic E-state index is -1.14. The van der Waals surface area contributed by atoms with E-state index in [0.717, 1.165) is 17.9 Å². The van der Waals surface area contributed by atoms with Crippen LogP contribution in [0.1, 0.15) is 52.2 Å². The predicted molar refractivity (Wildman–Crippen MR) is 109 cm³/mol. The van der Waals surface area contributed by atoms with Gasteiger partial charge in [0, 0.05) is 18.6 Å². The van der Waals surface area contributed by atoms with Crippen molar-refractivity contribution < 1.29 is 14.2 Å². The number of nitrogens with zero attached hydrogens (tertiary/aromatic N) is 1. The molecule has 1 atom stereocenters. The smallest absolute Gasteiger partial charge is 0.123 e. The molecule has 0 amide bonds. The van der Waals surface area contributed by atoms with Gasteiger partial charge < -0.3 is 9.84 Å². The van der Waals surface area contributed by atoms with E-state index in [2.05, 4.69) is 32.6 Å². The van der Waals surface area contributed by atoms with Gasteiger partial charge in [0.1, 0.15) is 23.8 Å². The summed E-state index contributed by atoms with van der Waals surface area (Å²) in [5, 5.41) is 11.1. The summed E-state index contributed by atoms with van der Waals surface area (Å²) in [5.74, 6) is 0.474. The quantitative estimate of drug-likeness (QED) is 0.674. The molecule has 3 nitrogen and oxygen atoms in total. The molecule has 0 spiro atoms. The number of hydrogen-bond donors (Lipinski definition) is 1. The van der Waals surface area contributed by atoms with Gasteiger partial charge in [0.15, 0.2) is 0 Å². The zero-order valence-corrected chi connectivity index (χ0v) is 17.1. The summed E-state index contributed by atoms with van der Waals surface area (Å²) >= 11 is 0. The highest BCUT2D eigenvalue weighted by Gasteiger charge is 2.29. The Morgan fingerprint density at radius 3 is 1.85 bits per heavy atom. The van der Waals surface area contributed by atoms with Gasteiger partial charge in [-0.1, -0.05) is 31.2 Å². The topological polar surface area (TPSA) is 32.7 Å². The molecular weight excluding hydrogens is 341 g/mol. The first-order valence-corrected chi connectivity index (χ1v) is 9.75. The minimum Gasteiger partial charge on any atom is -0.492 e.